The molecule has 132 valence electrons. The van der Waals surface area contributed by atoms with E-state index in [4.69, 9.17) is 21.9 Å². The molecule has 1 atom stereocenters. The maximum Gasteiger partial charge on any atom is 0.259 e. The van der Waals surface area contributed by atoms with Crippen molar-refractivity contribution in [3.63, 3.8) is 0 Å². The number of anilines is 1. The summed E-state index contributed by atoms with van der Waals surface area (Å²) in [6.07, 6.45) is 3.33. The molecule has 1 aliphatic heterocycles. The lowest BCUT2D eigenvalue weighted by atomic mass is 10.2. The molecule has 8 heteroatoms. The molecule has 0 bridgehead atoms. The van der Waals surface area contributed by atoms with Crippen LogP contribution in [-0.2, 0) is 4.79 Å². The van der Waals surface area contributed by atoms with Crippen molar-refractivity contribution >= 4 is 23.3 Å². The minimum atomic E-state index is -0.323. The maximum absolute atomic E-state index is 11.5. The van der Waals surface area contributed by atoms with E-state index in [-0.39, 0.29) is 11.9 Å². The number of nitrogens with zero attached hydrogens (tertiary/aromatic N) is 4. The molecular weight excluding hydrogens is 354 g/mol. The van der Waals surface area contributed by atoms with E-state index < -0.39 is 0 Å². The normalized spacial score (nSPS) is 16.8. The summed E-state index contributed by atoms with van der Waals surface area (Å²) < 4.78 is 5.34. The van der Waals surface area contributed by atoms with E-state index in [2.05, 4.69) is 15.1 Å². The Kier molecular flexibility index (Phi) is 4.30. The van der Waals surface area contributed by atoms with Crippen molar-refractivity contribution in [2.45, 2.75) is 18.9 Å². The third kappa shape index (κ3) is 3.13. The molecule has 2 aromatic heterocycles. The Bertz CT molecular complexity index is 941. The van der Waals surface area contributed by atoms with Crippen LogP contribution in [0.5, 0.6) is 0 Å². The van der Waals surface area contributed by atoms with Crippen molar-refractivity contribution in [3.05, 3.63) is 47.6 Å². The van der Waals surface area contributed by atoms with E-state index >= 15 is 0 Å². The van der Waals surface area contributed by atoms with Gasteiger partial charge in [-0.15, -0.1) is 0 Å². The highest BCUT2D eigenvalue weighted by Gasteiger charge is 2.29. The van der Waals surface area contributed by atoms with Crippen LogP contribution >= 0.6 is 11.6 Å². The highest BCUT2D eigenvalue weighted by molar-refractivity contribution is 6.30. The van der Waals surface area contributed by atoms with Crippen LogP contribution in [0, 0.1) is 0 Å². The predicted molar refractivity (Wildman–Crippen MR) is 97.5 cm³/mol. The summed E-state index contributed by atoms with van der Waals surface area (Å²) in [7, 11) is 0. The van der Waals surface area contributed by atoms with Gasteiger partial charge in [0.1, 0.15) is 11.9 Å². The Morgan fingerprint density at radius 2 is 2.15 bits per heavy atom. The van der Waals surface area contributed by atoms with Crippen LogP contribution < -0.4 is 10.6 Å². The minimum absolute atomic E-state index is 0.300. The summed E-state index contributed by atoms with van der Waals surface area (Å²) in [5.41, 5.74) is 6.94. The lowest BCUT2D eigenvalue weighted by Gasteiger charge is -2.23. The van der Waals surface area contributed by atoms with Gasteiger partial charge in [0.2, 0.25) is 11.7 Å². The van der Waals surface area contributed by atoms with Gasteiger partial charge in [-0.1, -0.05) is 28.9 Å². The fourth-order valence-corrected chi connectivity index (χ4v) is 3.30. The number of amides is 1. The summed E-state index contributed by atoms with van der Waals surface area (Å²) in [5, 5.41) is 4.60. The molecular formula is C18H16ClN5O2. The topological polar surface area (TPSA) is 98.1 Å². The number of primary amides is 1. The fourth-order valence-electron chi connectivity index (χ4n) is 3.10. The van der Waals surface area contributed by atoms with E-state index in [1.54, 1.807) is 18.3 Å². The van der Waals surface area contributed by atoms with Gasteiger partial charge in [0.05, 0.1) is 5.56 Å². The van der Waals surface area contributed by atoms with E-state index in [0.717, 1.165) is 24.9 Å². The number of nitrogens with two attached hydrogens (primary N) is 1. The van der Waals surface area contributed by atoms with Crippen LogP contribution in [0.1, 0.15) is 12.8 Å². The SMILES string of the molecule is NC(=O)[C@@H]1CCCN1c1ccc(-c2nc(-c3cccc(Cl)c3)no2)cn1. The molecule has 0 saturated carbocycles. The molecule has 0 radical (unpaired) electrons. The first-order valence-corrected chi connectivity index (χ1v) is 8.61. The molecule has 0 unspecified atom stereocenters. The molecule has 7 nitrogen and oxygen atoms in total. The molecule has 1 aromatic carbocycles. The summed E-state index contributed by atoms with van der Waals surface area (Å²) in [4.78, 5) is 22.3. The van der Waals surface area contributed by atoms with Gasteiger partial charge in [-0.3, -0.25) is 4.79 Å². The molecule has 4 rings (SSSR count). The fraction of sp³-hybridized carbons (Fsp3) is 0.222. The number of rotatable bonds is 4. The van der Waals surface area contributed by atoms with Gasteiger partial charge in [0, 0.05) is 23.3 Å². The molecule has 0 spiro atoms. The maximum atomic E-state index is 11.5. The number of pyridine rings is 1. The monoisotopic (exact) mass is 369 g/mol. The lowest BCUT2D eigenvalue weighted by Crippen LogP contribution is -2.40. The van der Waals surface area contributed by atoms with Crippen LogP contribution in [-0.4, -0.2) is 33.6 Å². The van der Waals surface area contributed by atoms with E-state index in [1.807, 2.05) is 29.2 Å². The highest BCUT2D eigenvalue weighted by Crippen LogP contribution is 2.27. The predicted octanol–water partition coefficient (Wildman–Crippen LogP) is 2.91. The quantitative estimate of drug-likeness (QED) is 0.759. The summed E-state index contributed by atoms with van der Waals surface area (Å²) in [5.74, 6) is 1.22. The number of hydrogen-bond acceptors (Lipinski definition) is 6. The molecule has 3 aromatic rings. The van der Waals surface area contributed by atoms with E-state index in [1.165, 1.54) is 0 Å². The zero-order valence-electron chi connectivity index (χ0n) is 13.8. The zero-order chi connectivity index (χ0) is 18.1. The van der Waals surface area contributed by atoms with Gasteiger partial charge in [0.25, 0.3) is 5.89 Å². The van der Waals surface area contributed by atoms with Gasteiger partial charge in [-0.25, -0.2) is 4.98 Å². The van der Waals surface area contributed by atoms with Crippen molar-refractivity contribution in [2.75, 3.05) is 11.4 Å². The number of carbonyl (C=O) groups is 1. The van der Waals surface area contributed by atoms with Crippen LogP contribution in [0.3, 0.4) is 0 Å². The second kappa shape index (κ2) is 6.76. The second-order valence-corrected chi connectivity index (χ2v) is 6.53. The molecule has 2 N–H and O–H groups in total. The Labute approximate surface area is 154 Å². The Hall–Kier alpha value is -2.93. The highest BCUT2D eigenvalue weighted by atomic mass is 35.5. The smallest absolute Gasteiger partial charge is 0.259 e. The van der Waals surface area contributed by atoms with Crippen molar-refractivity contribution in [2.24, 2.45) is 5.73 Å². The number of benzene rings is 1. The average molecular weight is 370 g/mol. The number of aromatic nitrogens is 3. The molecule has 1 saturated heterocycles. The first kappa shape index (κ1) is 16.5. The third-order valence-corrected chi connectivity index (χ3v) is 4.61. The molecule has 1 amide bonds. The van der Waals surface area contributed by atoms with Crippen molar-refractivity contribution < 1.29 is 9.32 Å². The number of hydrogen-bond donors (Lipinski definition) is 1. The van der Waals surface area contributed by atoms with E-state index in [0.29, 0.717) is 28.1 Å². The largest absolute Gasteiger partial charge is 0.368 e. The van der Waals surface area contributed by atoms with Crippen LogP contribution in [0.15, 0.2) is 47.1 Å². The van der Waals surface area contributed by atoms with Gasteiger partial charge in [0.15, 0.2) is 0 Å². The van der Waals surface area contributed by atoms with Crippen LogP contribution in [0.2, 0.25) is 5.02 Å². The van der Waals surface area contributed by atoms with Crippen LogP contribution in [0.4, 0.5) is 5.82 Å². The summed E-state index contributed by atoms with van der Waals surface area (Å²) >= 11 is 6.00. The van der Waals surface area contributed by atoms with Crippen LogP contribution in [0.25, 0.3) is 22.8 Å². The second-order valence-electron chi connectivity index (χ2n) is 6.09. The molecule has 0 aliphatic carbocycles. The molecule has 3 heterocycles. The van der Waals surface area contributed by atoms with Gasteiger partial charge >= 0.3 is 0 Å². The molecule has 1 aliphatic rings. The van der Waals surface area contributed by atoms with Gasteiger partial charge < -0.3 is 15.2 Å². The first-order valence-electron chi connectivity index (χ1n) is 8.24. The van der Waals surface area contributed by atoms with Crippen molar-refractivity contribution in [3.8, 4) is 22.8 Å². The van der Waals surface area contributed by atoms with Gasteiger partial charge in [-0.05, 0) is 37.1 Å². The Morgan fingerprint density at radius 1 is 1.27 bits per heavy atom. The summed E-state index contributed by atoms with van der Waals surface area (Å²) in [6.45, 7) is 0.763. The Balaban J connectivity index is 1.57. The number of carbonyl (C=O) groups excluding carboxylic acids is 1. The third-order valence-electron chi connectivity index (χ3n) is 4.38. The molecule has 26 heavy (non-hydrogen) atoms. The lowest BCUT2D eigenvalue weighted by molar-refractivity contribution is -0.119. The van der Waals surface area contributed by atoms with Crippen molar-refractivity contribution in [1.82, 2.24) is 15.1 Å². The molecule has 1 fully saturated rings. The van der Waals surface area contributed by atoms with Crippen molar-refractivity contribution in [1.29, 1.82) is 0 Å². The average Bonchev–Trinajstić information content (AvgIpc) is 3.32. The first-order chi connectivity index (χ1) is 12.6. The standard InChI is InChI=1S/C18H16ClN5O2/c19-13-4-1-3-11(9-13)17-22-18(26-23-17)12-6-7-15(21-10-12)24-8-2-5-14(24)16(20)25/h1,3-4,6-7,9-10,14H,2,5,8H2,(H2,20,25)/t14-/m0/s1. The van der Waals surface area contributed by atoms with E-state index in [9.17, 15) is 4.79 Å². The Morgan fingerprint density at radius 3 is 2.88 bits per heavy atom. The van der Waals surface area contributed by atoms with Gasteiger partial charge in [-0.2, -0.15) is 4.98 Å². The zero-order valence-corrected chi connectivity index (χ0v) is 14.6. The summed E-state index contributed by atoms with van der Waals surface area (Å²) in [6, 6.07) is 10.6. The number of halogens is 1. The minimum Gasteiger partial charge on any atom is -0.368 e.